The Balaban J connectivity index is 0.00000280. The molecule has 0 spiro atoms. The van der Waals surface area contributed by atoms with E-state index in [-0.39, 0.29) is 35.2 Å². The average molecular weight is 505 g/mol. The molecule has 2 aliphatic heterocycles. The Morgan fingerprint density at radius 1 is 1.32 bits per heavy atom. The van der Waals surface area contributed by atoms with E-state index >= 15 is 0 Å². The van der Waals surface area contributed by atoms with E-state index in [1.54, 1.807) is 19.2 Å². The molecule has 28 heavy (non-hydrogen) atoms. The molecule has 1 atom stereocenters. The van der Waals surface area contributed by atoms with Gasteiger partial charge in [-0.05, 0) is 43.9 Å². The molecule has 3 rings (SSSR count). The van der Waals surface area contributed by atoms with Gasteiger partial charge in [-0.2, -0.15) is 0 Å². The molecular weight excluding hydrogens is 472 g/mol. The number of hydrogen-bond donors (Lipinski definition) is 1. The Morgan fingerprint density at radius 3 is 2.68 bits per heavy atom. The SMILES string of the molecule is CCNC(=NCC1(c2ccc(F)cc2)CCOCC1)N1CCC(COC)C1.I. The number of ether oxygens (including phenoxy) is 2. The van der Waals surface area contributed by atoms with Crippen molar-refractivity contribution in [3.05, 3.63) is 35.6 Å². The molecule has 0 saturated carbocycles. The molecule has 0 aromatic heterocycles. The molecular formula is C21H33FIN3O2. The van der Waals surface area contributed by atoms with Gasteiger partial charge in [-0.1, -0.05) is 12.1 Å². The molecule has 2 aliphatic rings. The molecule has 2 heterocycles. The fraction of sp³-hybridized carbons (Fsp3) is 0.667. The largest absolute Gasteiger partial charge is 0.384 e. The van der Waals surface area contributed by atoms with E-state index in [2.05, 4.69) is 17.1 Å². The summed E-state index contributed by atoms with van der Waals surface area (Å²) in [6.07, 6.45) is 2.96. The van der Waals surface area contributed by atoms with Crippen LogP contribution in [0.4, 0.5) is 4.39 Å². The van der Waals surface area contributed by atoms with Crippen LogP contribution in [0.2, 0.25) is 0 Å². The highest BCUT2D eigenvalue weighted by Crippen LogP contribution is 2.35. The van der Waals surface area contributed by atoms with Crippen molar-refractivity contribution in [1.82, 2.24) is 10.2 Å². The number of guanidine groups is 1. The van der Waals surface area contributed by atoms with Crippen molar-refractivity contribution >= 4 is 29.9 Å². The van der Waals surface area contributed by atoms with Crippen molar-refractivity contribution in [2.75, 3.05) is 53.1 Å². The maximum absolute atomic E-state index is 13.4. The number of nitrogens with one attached hydrogen (secondary N) is 1. The third-order valence-electron chi connectivity index (χ3n) is 5.76. The lowest BCUT2D eigenvalue weighted by Crippen LogP contribution is -2.43. The van der Waals surface area contributed by atoms with Crippen LogP contribution in [0.5, 0.6) is 0 Å². The van der Waals surface area contributed by atoms with Gasteiger partial charge in [0, 0.05) is 51.3 Å². The van der Waals surface area contributed by atoms with Crippen LogP contribution >= 0.6 is 24.0 Å². The first-order chi connectivity index (χ1) is 13.2. The van der Waals surface area contributed by atoms with Crippen LogP contribution in [0.1, 0.15) is 31.7 Å². The quantitative estimate of drug-likeness (QED) is 0.366. The third-order valence-corrected chi connectivity index (χ3v) is 5.76. The molecule has 1 unspecified atom stereocenters. The number of halogens is 2. The van der Waals surface area contributed by atoms with Gasteiger partial charge in [0.25, 0.3) is 0 Å². The zero-order chi connectivity index (χ0) is 19.1. The van der Waals surface area contributed by atoms with Gasteiger partial charge in [-0.15, -0.1) is 24.0 Å². The summed E-state index contributed by atoms with van der Waals surface area (Å²) in [5, 5.41) is 3.45. The van der Waals surface area contributed by atoms with Crippen molar-refractivity contribution < 1.29 is 13.9 Å². The minimum atomic E-state index is -0.195. The van der Waals surface area contributed by atoms with E-state index in [4.69, 9.17) is 14.5 Å². The normalized spacial score (nSPS) is 22.0. The second-order valence-corrected chi connectivity index (χ2v) is 7.63. The smallest absolute Gasteiger partial charge is 0.193 e. The van der Waals surface area contributed by atoms with E-state index in [0.29, 0.717) is 12.5 Å². The van der Waals surface area contributed by atoms with Crippen LogP contribution in [0.3, 0.4) is 0 Å². The Labute approximate surface area is 185 Å². The molecule has 5 nitrogen and oxygen atoms in total. The molecule has 1 aromatic carbocycles. The molecule has 0 amide bonds. The van der Waals surface area contributed by atoms with Crippen LogP contribution in [0.25, 0.3) is 0 Å². The van der Waals surface area contributed by atoms with Crippen LogP contribution in [-0.4, -0.2) is 64.0 Å². The summed E-state index contributed by atoms with van der Waals surface area (Å²) < 4.78 is 24.3. The Morgan fingerprint density at radius 2 is 2.04 bits per heavy atom. The Hall–Kier alpha value is -0.930. The fourth-order valence-corrected chi connectivity index (χ4v) is 4.15. The van der Waals surface area contributed by atoms with Crippen molar-refractivity contribution in [3.63, 3.8) is 0 Å². The fourth-order valence-electron chi connectivity index (χ4n) is 4.15. The first-order valence-corrected chi connectivity index (χ1v) is 10.0. The number of aliphatic imine (C=N–C) groups is 1. The first-order valence-electron chi connectivity index (χ1n) is 10.0. The van der Waals surface area contributed by atoms with Crippen LogP contribution < -0.4 is 5.32 Å². The monoisotopic (exact) mass is 505 g/mol. The minimum absolute atomic E-state index is 0. The second-order valence-electron chi connectivity index (χ2n) is 7.63. The van der Waals surface area contributed by atoms with Crippen molar-refractivity contribution in [1.29, 1.82) is 0 Å². The lowest BCUT2D eigenvalue weighted by Gasteiger charge is -2.37. The van der Waals surface area contributed by atoms with Gasteiger partial charge in [-0.25, -0.2) is 4.39 Å². The average Bonchev–Trinajstić information content (AvgIpc) is 3.15. The topological polar surface area (TPSA) is 46.1 Å². The van der Waals surface area contributed by atoms with Gasteiger partial charge in [0.2, 0.25) is 0 Å². The van der Waals surface area contributed by atoms with E-state index in [9.17, 15) is 4.39 Å². The van der Waals surface area contributed by atoms with Crippen LogP contribution in [0.15, 0.2) is 29.3 Å². The zero-order valence-corrected chi connectivity index (χ0v) is 19.3. The van der Waals surface area contributed by atoms with Gasteiger partial charge in [-0.3, -0.25) is 4.99 Å². The molecule has 158 valence electrons. The second kappa shape index (κ2) is 11.3. The van der Waals surface area contributed by atoms with Gasteiger partial charge >= 0.3 is 0 Å². The molecule has 1 N–H and O–H groups in total. The molecule has 0 radical (unpaired) electrons. The number of likely N-dealkylation sites (tertiary alicyclic amines) is 1. The van der Waals surface area contributed by atoms with Gasteiger partial charge in [0.15, 0.2) is 5.96 Å². The number of nitrogens with zero attached hydrogens (tertiary/aromatic N) is 2. The summed E-state index contributed by atoms with van der Waals surface area (Å²) >= 11 is 0. The number of methoxy groups -OCH3 is 1. The van der Waals surface area contributed by atoms with E-state index in [0.717, 1.165) is 70.2 Å². The summed E-state index contributed by atoms with van der Waals surface area (Å²) in [6, 6.07) is 6.93. The standard InChI is InChI=1S/C21H32FN3O2.HI/c1-3-23-20(25-11-8-17(14-25)15-26-2)24-16-21(9-12-27-13-10-21)18-4-6-19(22)7-5-18;/h4-7,17H,3,8-16H2,1-2H3,(H,23,24);1H. The zero-order valence-electron chi connectivity index (χ0n) is 17.0. The lowest BCUT2D eigenvalue weighted by atomic mass is 9.74. The summed E-state index contributed by atoms with van der Waals surface area (Å²) in [5.74, 6) is 1.34. The maximum Gasteiger partial charge on any atom is 0.193 e. The molecule has 2 saturated heterocycles. The molecule has 0 aliphatic carbocycles. The summed E-state index contributed by atoms with van der Waals surface area (Å²) in [5.41, 5.74) is 1.07. The van der Waals surface area contributed by atoms with E-state index in [1.807, 2.05) is 12.1 Å². The molecule has 7 heteroatoms. The van der Waals surface area contributed by atoms with Crippen LogP contribution in [0, 0.1) is 11.7 Å². The van der Waals surface area contributed by atoms with E-state index in [1.165, 1.54) is 0 Å². The lowest BCUT2D eigenvalue weighted by molar-refractivity contribution is 0.0530. The minimum Gasteiger partial charge on any atom is -0.384 e. The van der Waals surface area contributed by atoms with E-state index < -0.39 is 0 Å². The maximum atomic E-state index is 13.4. The highest BCUT2D eigenvalue weighted by Gasteiger charge is 2.35. The summed E-state index contributed by atoms with van der Waals surface area (Å²) in [7, 11) is 1.76. The predicted molar refractivity (Wildman–Crippen MR) is 121 cm³/mol. The van der Waals surface area contributed by atoms with Gasteiger partial charge < -0.3 is 19.7 Å². The van der Waals surface area contributed by atoms with Crippen molar-refractivity contribution in [2.45, 2.75) is 31.6 Å². The van der Waals surface area contributed by atoms with Crippen LogP contribution in [-0.2, 0) is 14.9 Å². The number of benzene rings is 1. The van der Waals surface area contributed by atoms with Gasteiger partial charge in [0.05, 0.1) is 13.2 Å². The highest BCUT2D eigenvalue weighted by molar-refractivity contribution is 14.0. The Bertz CT molecular complexity index is 621. The molecule has 1 aromatic rings. The first kappa shape index (κ1) is 23.3. The van der Waals surface area contributed by atoms with Crippen molar-refractivity contribution in [3.8, 4) is 0 Å². The predicted octanol–water partition coefficient (Wildman–Crippen LogP) is 3.43. The summed E-state index contributed by atoms with van der Waals surface area (Å²) in [4.78, 5) is 7.36. The number of rotatable bonds is 6. The van der Waals surface area contributed by atoms with Gasteiger partial charge in [0.1, 0.15) is 5.82 Å². The summed E-state index contributed by atoms with van der Waals surface area (Å²) in [6.45, 7) is 7.87. The highest BCUT2D eigenvalue weighted by atomic mass is 127. The Kier molecular flexibility index (Phi) is 9.43. The third kappa shape index (κ3) is 5.79. The van der Waals surface area contributed by atoms with Crippen molar-refractivity contribution in [2.24, 2.45) is 10.9 Å². The molecule has 0 bridgehead atoms. The molecule has 2 fully saturated rings. The number of hydrogen-bond acceptors (Lipinski definition) is 3.